The van der Waals surface area contributed by atoms with E-state index in [1.54, 1.807) is 26.2 Å². The number of hydrogen-bond acceptors (Lipinski definition) is 5. The van der Waals surface area contributed by atoms with Crippen LogP contribution in [-0.2, 0) is 5.60 Å². The van der Waals surface area contributed by atoms with Crippen molar-refractivity contribution in [2.75, 3.05) is 5.73 Å². The summed E-state index contributed by atoms with van der Waals surface area (Å²) in [6.07, 6.45) is 6.70. The fourth-order valence-corrected chi connectivity index (χ4v) is 2.04. The molecule has 0 saturated carbocycles. The van der Waals surface area contributed by atoms with Crippen LogP contribution in [0.5, 0.6) is 0 Å². The van der Waals surface area contributed by atoms with E-state index < -0.39 is 5.60 Å². The highest BCUT2D eigenvalue weighted by Crippen LogP contribution is 2.24. The van der Waals surface area contributed by atoms with Gasteiger partial charge in [-0.2, -0.15) is 0 Å². The van der Waals surface area contributed by atoms with Gasteiger partial charge in [0.2, 0.25) is 0 Å². The molecule has 0 aliphatic rings. The Kier molecular flexibility index (Phi) is 2.69. The number of anilines is 1. The maximum absolute atomic E-state index is 10.1. The van der Waals surface area contributed by atoms with Crippen LogP contribution in [0.15, 0.2) is 36.9 Å². The Balaban J connectivity index is 2.22. The summed E-state index contributed by atoms with van der Waals surface area (Å²) < 4.78 is 1.87. The van der Waals surface area contributed by atoms with Crippen molar-refractivity contribution >= 4 is 11.5 Å². The standard InChI is InChI=1S/C14H15N5O/c1-14(2,20)9-3-4-13-17-6-11(19(13)8-9)10-5-16-7-12(15)18-10/h3-8,20H,1-2H3,(H2,15,18). The number of nitrogen functional groups attached to an aromatic ring is 1. The van der Waals surface area contributed by atoms with Crippen LogP contribution in [0.4, 0.5) is 5.82 Å². The summed E-state index contributed by atoms with van der Waals surface area (Å²) >= 11 is 0. The number of aliphatic hydroxyl groups is 1. The molecule has 6 heteroatoms. The molecule has 6 nitrogen and oxygen atoms in total. The first kappa shape index (κ1) is 12.6. The minimum atomic E-state index is -0.920. The lowest BCUT2D eigenvalue weighted by atomic mass is 10.0. The predicted molar refractivity (Wildman–Crippen MR) is 75.9 cm³/mol. The Hall–Kier alpha value is -2.47. The topological polar surface area (TPSA) is 89.3 Å². The fraction of sp³-hybridized carbons (Fsp3) is 0.214. The van der Waals surface area contributed by atoms with Gasteiger partial charge >= 0.3 is 0 Å². The van der Waals surface area contributed by atoms with Gasteiger partial charge in [-0.25, -0.2) is 9.97 Å². The van der Waals surface area contributed by atoms with Crippen molar-refractivity contribution < 1.29 is 5.11 Å². The minimum absolute atomic E-state index is 0.357. The van der Waals surface area contributed by atoms with E-state index in [1.807, 2.05) is 22.7 Å². The first-order chi connectivity index (χ1) is 9.45. The highest BCUT2D eigenvalue weighted by Gasteiger charge is 2.17. The maximum atomic E-state index is 10.1. The molecule has 3 heterocycles. The van der Waals surface area contributed by atoms with Gasteiger partial charge in [0.25, 0.3) is 0 Å². The summed E-state index contributed by atoms with van der Waals surface area (Å²) in [5.41, 5.74) is 7.74. The molecule has 3 N–H and O–H groups in total. The van der Waals surface area contributed by atoms with Crippen molar-refractivity contribution in [1.82, 2.24) is 19.4 Å². The number of imidazole rings is 1. The van der Waals surface area contributed by atoms with Gasteiger partial charge in [0.1, 0.15) is 17.2 Å². The summed E-state index contributed by atoms with van der Waals surface area (Å²) in [5.74, 6) is 0.357. The molecule has 0 radical (unpaired) electrons. The van der Waals surface area contributed by atoms with Gasteiger partial charge in [-0.1, -0.05) is 6.07 Å². The number of fused-ring (bicyclic) bond motifs is 1. The molecule has 20 heavy (non-hydrogen) atoms. The van der Waals surface area contributed by atoms with Crippen molar-refractivity contribution in [3.8, 4) is 11.4 Å². The predicted octanol–water partition coefficient (Wildman–Crippen LogP) is 1.60. The van der Waals surface area contributed by atoms with E-state index in [4.69, 9.17) is 5.73 Å². The molecule has 0 unspecified atom stereocenters. The molecule has 3 rings (SSSR count). The fourth-order valence-electron chi connectivity index (χ4n) is 2.04. The second kappa shape index (κ2) is 4.28. The van der Waals surface area contributed by atoms with Crippen LogP contribution in [0.1, 0.15) is 19.4 Å². The van der Waals surface area contributed by atoms with Crippen LogP contribution in [0, 0.1) is 0 Å². The Morgan fingerprint density at radius 2 is 2.00 bits per heavy atom. The van der Waals surface area contributed by atoms with Crippen LogP contribution < -0.4 is 5.73 Å². The van der Waals surface area contributed by atoms with Crippen molar-refractivity contribution in [2.45, 2.75) is 19.4 Å². The van der Waals surface area contributed by atoms with Crippen molar-refractivity contribution in [3.05, 3.63) is 42.5 Å². The van der Waals surface area contributed by atoms with E-state index in [0.29, 0.717) is 11.5 Å². The first-order valence-electron chi connectivity index (χ1n) is 6.23. The maximum Gasteiger partial charge on any atom is 0.142 e. The SMILES string of the molecule is CC(C)(O)c1ccc2ncc(-c3cncc(N)n3)n2c1. The number of rotatable bonds is 2. The summed E-state index contributed by atoms with van der Waals surface area (Å²) in [6, 6.07) is 3.72. The normalized spacial score (nSPS) is 11.9. The molecular weight excluding hydrogens is 254 g/mol. The van der Waals surface area contributed by atoms with Gasteiger partial charge in [0.15, 0.2) is 0 Å². The van der Waals surface area contributed by atoms with Gasteiger partial charge in [-0.15, -0.1) is 0 Å². The number of pyridine rings is 1. The van der Waals surface area contributed by atoms with Crippen LogP contribution in [0.3, 0.4) is 0 Å². The molecule has 0 fully saturated rings. The molecular formula is C14H15N5O. The van der Waals surface area contributed by atoms with E-state index in [-0.39, 0.29) is 0 Å². The lowest BCUT2D eigenvalue weighted by molar-refractivity contribution is 0.0782. The average Bonchev–Trinajstić information content (AvgIpc) is 2.80. The zero-order valence-corrected chi connectivity index (χ0v) is 11.3. The van der Waals surface area contributed by atoms with E-state index >= 15 is 0 Å². The van der Waals surface area contributed by atoms with Gasteiger partial charge in [0.05, 0.1) is 29.9 Å². The van der Waals surface area contributed by atoms with E-state index in [1.165, 1.54) is 6.20 Å². The molecule has 102 valence electrons. The molecule has 0 bridgehead atoms. The third-order valence-corrected chi connectivity index (χ3v) is 3.13. The van der Waals surface area contributed by atoms with Gasteiger partial charge in [0, 0.05) is 6.20 Å². The molecule has 3 aromatic heterocycles. The molecule has 3 aromatic rings. The van der Waals surface area contributed by atoms with E-state index in [9.17, 15) is 5.11 Å². The Bertz CT molecular complexity index is 773. The van der Waals surface area contributed by atoms with Crippen molar-refractivity contribution in [2.24, 2.45) is 0 Å². The van der Waals surface area contributed by atoms with Crippen LogP contribution in [-0.4, -0.2) is 24.5 Å². The second-order valence-corrected chi connectivity index (χ2v) is 5.18. The molecule has 0 spiro atoms. The zero-order valence-electron chi connectivity index (χ0n) is 11.3. The Morgan fingerprint density at radius 3 is 2.70 bits per heavy atom. The van der Waals surface area contributed by atoms with Gasteiger partial charge in [-0.05, 0) is 25.5 Å². The van der Waals surface area contributed by atoms with Gasteiger partial charge in [-0.3, -0.25) is 9.38 Å². The van der Waals surface area contributed by atoms with Crippen molar-refractivity contribution in [3.63, 3.8) is 0 Å². The molecule has 0 atom stereocenters. The minimum Gasteiger partial charge on any atom is -0.386 e. The summed E-state index contributed by atoms with van der Waals surface area (Å²) in [7, 11) is 0. The molecule has 0 aromatic carbocycles. The monoisotopic (exact) mass is 269 g/mol. The smallest absolute Gasteiger partial charge is 0.142 e. The Morgan fingerprint density at radius 1 is 1.20 bits per heavy atom. The lowest BCUT2D eigenvalue weighted by Gasteiger charge is -2.18. The third-order valence-electron chi connectivity index (χ3n) is 3.13. The van der Waals surface area contributed by atoms with E-state index in [2.05, 4.69) is 15.0 Å². The quantitative estimate of drug-likeness (QED) is 0.737. The highest BCUT2D eigenvalue weighted by molar-refractivity contribution is 5.60. The summed E-state index contributed by atoms with van der Waals surface area (Å²) in [4.78, 5) is 12.6. The van der Waals surface area contributed by atoms with Crippen LogP contribution in [0.25, 0.3) is 17.0 Å². The van der Waals surface area contributed by atoms with E-state index in [0.717, 1.165) is 16.9 Å². The van der Waals surface area contributed by atoms with Gasteiger partial charge < -0.3 is 10.8 Å². The molecule has 0 amide bonds. The number of aromatic nitrogens is 4. The van der Waals surface area contributed by atoms with Crippen molar-refractivity contribution in [1.29, 1.82) is 0 Å². The lowest BCUT2D eigenvalue weighted by Crippen LogP contribution is -2.16. The molecule has 0 aliphatic carbocycles. The molecule has 0 saturated heterocycles. The Labute approximate surface area is 115 Å². The number of hydrogen-bond donors (Lipinski definition) is 2. The average molecular weight is 269 g/mol. The highest BCUT2D eigenvalue weighted by atomic mass is 16.3. The largest absolute Gasteiger partial charge is 0.386 e. The third kappa shape index (κ3) is 2.10. The first-order valence-corrected chi connectivity index (χ1v) is 6.23. The van der Waals surface area contributed by atoms with Crippen LogP contribution in [0.2, 0.25) is 0 Å². The van der Waals surface area contributed by atoms with Crippen LogP contribution >= 0.6 is 0 Å². The number of nitrogens with zero attached hydrogens (tertiary/aromatic N) is 4. The number of nitrogens with two attached hydrogens (primary N) is 1. The zero-order chi connectivity index (χ0) is 14.3. The molecule has 0 aliphatic heterocycles. The summed E-state index contributed by atoms with van der Waals surface area (Å²) in [6.45, 7) is 3.48. The second-order valence-electron chi connectivity index (χ2n) is 5.18. The summed E-state index contributed by atoms with van der Waals surface area (Å²) in [5, 5.41) is 10.1.